The largest absolute Gasteiger partial charge is 0.396 e. The lowest BCUT2D eigenvalue weighted by atomic mass is 9.97. The zero-order valence-corrected chi connectivity index (χ0v) is 14.8. The van der Waals surface area contributed by atoms with E-state index < -0.39 is 6.04 Å². The molecule has 0 aromatic heterocycles. The molecule has 1 N–H and O–H groups in total. The molecular formula is C17H20Cl2N2O3. The summed E-state index contributed by atoms with van der Waals surface area (Å²) in [6.45, 7) is 0.871. The van der Waals surface area contributed by atoms with Crippen molar-refractivity contribution >= 4 is 40.7 Å². The van der Waals surface area contributed by atoms with Gasteiger partial charge in [0.15, 0.2) is 0 Å². The first kappa shape index (κ1) is 17.7. The summed E-state index contributed by atoms with van der Waals surface area (Å²) >= 11 is 11.9. The van der Waals surface area contributed by atoms with Crippen LogP contribution in [0.3, 0.4) is 0 Å². The summed E-state index contributed by atoms with van der Waals surface area (Å²) < 4.78 is 0. The zero-order chi connectivity index (χ0) is 17.3. The van der Waals surface area contributed by atoms with Crippen molar-refractivity contribution in [1.29, 1.82) is 0 Å². The van der Waals surface area contributed by atoms with E-state index in [9.17, 15) is 14.7 Å². The molecule has 5 nitrogen and oxygen atoms in total. The number of likely N-dealkylation sites (tertiary alicyclic amines) is 1. The van der Waals surface area contributed by atoms with Crippen molar-refractivity contribution < 1.29 is 14.7 Å². The average molecular weight is 371 g/mol. The van der Waals surface area contributed by atoms with Crippen molar-refractivity contribution in [2.24, 2.45) is 0 Å². The number of rotatable bonds is 4. The van der Waals surface area contributed by atoms with Gasteiger partial charge in [0.1, 0.15) is 0 Å². The summed E-state index contributed by atoms with van der Waals surface area (Å²) in [6, 6.07) is 4.46. The Labute approximate surface area is 151 Å². The highest BCUT2D eigenvalue weighted by Gasteiger charge is 2.45. The Balaban J connectivity index is 1.84. The van der Waals surface area contributed by atoms with Crippen LogP contribution >= 0.6 is 23.2 Å². The topological polar surface area (TPSA) is 60.9 Å². The minimum absolute atomic E-state index is 0.0898. The number of piperidine rings is 1. The fourth-order valence-corrected chi connectivity index (χ4v) is 3.95. The Kier molecular flexibility index (Phi) is 5.45. The first-order valence-electron chi connectivity index (χ1n) is 8.21. The van der Waals surface area contributed by atoms with E-state index in [1.807, 2.05) is 0 Å². The molecule has 2 amide bonds. The van der Waals surface area contributed by atoms with Crippen LogP contribution in [-0.4, -0.2) is 47.1 Å². The van der Waals surface area contributed by atoms with Crippen LogP contribution in [0.4, 0.5) is 5.69 Å². The number of carbonyl (C=O) groups is 2. The molecule has 2 unspecified atom stereocenters. The molecule has 0 bridgehead atoms. The smallest absolute Gasteiger partial charge is 0.251 e. The van der Waals surface area contributed by atoms with Gasteiger partial charge in [-0.2, -0.15) is 0 Å². The lowest BCUT2D eigenvalue weighted by Crippen LogP contribution is -2.50. The predicted molar refractivity (Wildman–Crippen MR) is 93.4 cm³/mol. The van der Waals surface area contributed by atoms with Gasteiger partial charge in [-0.25, -0.2) is 4.90 Å². The third-order valence-corrected chi connectivity index (χ3v) is 5.56. The fraction of sp³-hybridized carbons (Fsp3) is 0.529. The zero-order valence-electron chi connectivity index (χ0n) is 13.3. The Morgan fingerprint density at radius 2 is 1.96 bits per heavy atom. The van der Waals surface area contributed by atoms with E-state index in [0.29, 0.717) is 22.2 Å². The van der Waals surface area contributed by atoms with Gasteiger partial charge in [0.25, 0.3) is 5.91 Å². The van der Waals surface area contributed by atoms with E-state index in [1.165, 1.54) is 4.90 Å². The second-order valence-corrected chi connectivity index (χ2v) is 7.10. The maximum atomic E-state index is 12.9. The first-order chi connectivity index (χ1) is 11.5. The van der Waals surface area contributed by atoms with Crippen LogP contribution in [0.1, 0.15) is 32.1 Å². The number of halogens is 2. The Morgan fingerprint density at radius 1 is 1.17 bits per heavy atom. The molecule has 24 heavy (non-hydrogen) atoms. The van der Waals surface area contributed by atoms with Gasteiger partial charge in [0.05, 0.1) is 28.2 Å². The van der Waals surface area contributed by atoms with Gasteiger partial charge < -0.3 is 5.11 Å². The molecule has 3 rings (SSSR count). The Hall–Kier alpha value is -1.14. The van der Waals surface area contributed by atoms with Crippen LogP contribution in [-0.2, 0) is 9.59 Å². The van der Waals surface area contributed by atoms with Crippen molar-refractivity contribution in [3.8, 4) is 0 Å². The molecule has 2 aliphatic rings. The average Bonchev–Trinajstić information content (AvgIpc) is 2.86. The standard InChI is InChI=1S/C17H20Cl2N2O3/c18-13-5-4-12(9-14(13)19)21-16(23)10-15(17(21)24)20-7-2-1-3-11(20)6-8-22/h4-5,9,11,15,22H,1-3,6-8,10H2. The Bertz CT molecular complexity index is 651. The third-order valence-electron chi connectivity index (χ3n) is 4.82. The van der Waals surface area contributed by atoms with E-state index in [2.05, 4.69) is 4.90 Å². The van der Waals surface area contributed by atoms with Crippen molar-refractivity contribution in [3.63, 3.8) is 0 Å². The highest BCUT2D eigenvalue weighted by molar-refractivity contribution is 6.42. The molecule has 2 fully saturated rings. The number of hydrogen-bond donors (Lipinski definition) is 1. The number of hydrogen-bond acceptors (Lipinski definition) is 4. The molecule has 130 valence electrons. The monoisotopic (exact) mass is 370 g/mol. The molecule has 2 atom stereocenters. The summed E-state index contributed by atoms with van der Waals surface area (Å²) in [5.41, 5.74) is 0.456. The maximum Gasteiger partial charge on any atom is 0.251 e. The van der Waals surface area contributed by atoms with Gasteiger partial charge in [-0.15, -0.1) is 0 Å². The summed E-state index contributed by atoms with van der Waals surface area (Å²) in [7, 11) is 0. The number of nitrogens with zero attached hydrogens (tertiary/aromatic N) is 2. The Morgan fingerprint density at radius 3 is 2.67 bits per heavy atom. The van der Waals surface area contributed by atoms with Crippen LogP contribution in [0.25, 0.3) is 0 Å². The van der Waals surface area contributed by atoms with E-state index in [4.69, 9.17) is 23.2 Å². The molecule has 2 aliphatic heterocycles. The lowest BCUT2D eigenvalue weighted by molar-refractivity contribution is -0.123. The predicted octanol–water partition coefficient (Wildman–Crippen LogP) is 2.86. The second-order valence-electron chi connectivity index (χ2n) is 6.29. The maximum absolute atomic E-state index is 12.9. The highest BCUT2D eigenvalue weighted by Crippen LogP contribution is 2.33. The van der Waals surface area contributed by atoms with Crippen LogP contribution in [0.5, 0.6) is 0 Å². The van der Waals surface area contributed by atoms with Gasteiger partial charge in [0.2, 0.25) is 5.91 Å². The fourth-order valence-electron chi connectivity index (χ4n) is 3.66. The normalized spacial score (nSPS) is 25.5. The molecule has 2 saturated heterocycles. The quantitative estimate of drug-likeness (QED) is 0.827. The number of aliphatic hydroxyl groups is 1. The minimum Gasteiger partial charge on any atom is -0.396 e. The highest BCUT2D eigenvalue weighted by atomic mass is 35.5. The molecular weight excluding hydrogens is 351 g/mol. The van der Waals surface area contributed by atoms with Gasteiger partial charge in [-0.05, 0) is 44.0 Å². The third kappa shape index (κ3) is 3.31. The number of imide groups is 1. The molecule has 0 aliphatic carbocycles. The summed E-state index contributed by atoms with van der Waals surface area (Å²) in [5.74, 6) is -0.445. The van der Waals surface area contributed by atoms with Gasteiger partial charge >= 0.3 is 0 Å². The van der Waals surface area contributed by atoms with Crippen LogP contribution in [0.15, 0.2) is 18.2 Å². The van der Waals surface area contributed by atoms with E-state index >= 15 is 0 Å². The SMILES string of the molecule is O=C1CC(N2CCCCC2CCO)C(=O)N1c1ccc(Cl)c(Cl)c1. The molecule has 7 heteroatoms. The lowest BCUT2D eigenvalue weighted by Gasteiger charge is -2.38. The van der Waals surface area contributed by atoms with E-state index in [-0.39, 0.29) is 30.9 Å². The van der Waals surface area contributed by atoms with Crippen molar-refractivity contribution in [2.45, 2.75) is 44.2 Å². The van der Waals surface area contributed by atoms with E-state index in [0.717, 1.165) is 25.8 Å². The number of carbonyl (C=O) groups excluding carboxylic acids is 2. The number of aliphatic hydroxyl groups excluding tert-OH is 1. The number of anilines is 1. The minimum atomic E-state index is -0.455. The molecule has 0 radical (unpaired) electrons. The van der Waals surface area contributed by atoms with Crippen molar-refractivity contribution in [1.82, 2.24) is 4.90 Å². The molecule has 0 spiro atoms. The van der Waals surface area contributed by atoms with Crippen molar-refractivity contribution in [2.75, 3.05) is 18.1 Å². The summed E-state index contributed by atoms with van der Waals surface area (Å²) in [5, 5.41) is 9.97. The molecule has 0 saturated carbocycles. The van der Waals surface area contributed by atoms with E-state index in [1.54, 1.807) is 18.2 Å². The second kappa shape index (κ2) is 7.40. The first-order valence-corrected chi connectivity index (χ1v) is 8.97. The van der Waals surface area contributed by atoms with Gasteiger partial charge in [-0.1, -0.05) is 29.6 Å². The number of amides is 2. The molecule has 2 heterocycles. The molecule has 1 aromatic rings. The summed E-state index contributed by atoms with van der Waals surface area (Å²) in [6.07, 6.45) is 3.84. The van der Waals surface area contributed by atoms with Crippen molar-refractivity contribution in [3.05, 3.63) is 28.2 Å². The number of benzene rings is 1. The van der Waals surface area contributed by atoms with Gasteiger partial charge in [0, 0.05) is 12.6 Å². The van der Waals surface area contributed by atoms with Crippen LogP contribution < -0.4 is 4.90 Å². The van der Waals surface area contributed by atoms with Crippen LogP contribution in [0, 0.1) is 0 Å². The summed E-state index contributed by atoms with van der Waals surface area (Å²) in [4.78, 5) is 28.6. The molecule has 1 aromatic carbocycles. The van der Waals surface area contributed by atoms with Gasteiger partial charge in [-0.3, -0.25) is 14.5 Å². The van der Waals surface area contributed by atoms with Crippen LogP contribution in [0.2, 0.25) is 10.0 Å².